The number of nitrogens with zero attached hydrogens (tertiary/aromatic N) is 2. The minimum Gasteiger partial charge on any atom is -0.423 e. The molecule has 30 heavy (non-hydrogen) atoms. The Morgan fingerprint density at radius 1 is 0.900 bits per heavy atom. The largest absolute Gasteiger partial charge is 0.423 e. The van der Waals surface area contributed by atoms with Gasteiger partial charge in [-0.3, -0.25) is 19.7 Å². The first-order valence-corrected chi connectivity index (χ1v) is 8.91. The average Bonchev–Trinajstić information content (AvgIpc) is 2.99. The maximum Gasteiger partial charge on any atom is 0.343 e. The Hall–Kier alpha value is -4.33. The summed E-state index contributed by atoms with van der Waals surface area (Å²) >= 11 is 0. The van der Waals surface area contributed by atoms with Crippen molar-refractivity contribution in [2.75, 3.05) is 4.90 Å². The summed E-state index contributed by atoms with van der Waals surface area (Å²) in [7, 11) is 0. The minimum atomic E-state index is -0.749. The van der Waals surface area contributed by atoms with Crippen molar-refractivity contribution in [1.82, 2.24) is 0 Å². The van der Waals surface area contributed by atoms with Crippen molar-refractivity contribution in [2.45, 2.75) is 6.92 Å². The minimum absolute atomic E-state index is 0.0824. The van der Waals surface area contributed by atoms with E-state index in [-0.39, 0.29) is 28.1 Å². The Kier molecular flexibility index (Phi) is 4.59. The molecule has 8 heteroatoms. The number of fused-ring (bicyclic) bond motifs is 1. The molecule has 0 bridgehead atoms. The third-order valence-electron chi connectivity index (χ3n) is 4.67. The van der Waals surface area contributed by atoms with E-state index in [4.69, 9.17) is 4.74 Å². The molecule has 3 aromatic rings. The molecular weight excluding hydrogens is 388 g/mol. The molecule has 1 aliphatic heterocycles. The summed E-state index contributed by atoms with van der Waals surface area (Å²) in [4.78, 5) is 49.2. The molecule has 8 nitrogen and oxygen atoms in total. The van der Waals surface area contributed by atoms with Crippen molar-refractivity contribution in [3.63, 3.8) is 0 Å². The van der Waals surface area contributed by atoms with Crippen LogP contribution in [-0.2, 0) is 0 Å². The second-order valence-electron chi connectivity index (χ2n) is 6.68. The van der Waals surface area contributed by atoms with E-state index in [0.717, 1.165) is 10.5 Å². The van der Waals surface area contributed by atoms with Crippen molar-refractivity contribution < 1.29 is 24.0 Å². The van der Waals surface area contributed by atoms with Crippen LogP contribution in [-0.4, -0.2) is 22.7 Å². The predicted molar refractivity (Wildman–Crippen MR) is 107 cm³/mol. The highest BCUT2D eigenvalue weighted by atomic mass is 16.6. The number of carbonyl (C=O) groups is 3. The quantitative estimate of drug-likeness (QED) is 0.215. The predicted octanol–water partition coefficient (Wildman–Crippen LogP) is 3.92. The fourth-order valence-electron chi connectivity index (χ4n) is 3.10. The SMILES string of the molecule is Cc1ccc(N2C(=O)c3ccc(C(=O)Oc4ccc([N+](=O)[O-])cc4)cc3C2=O)cc1. The van der Waals surface area contributed by atoms with E-state index in [1.54, 1.807) is 24.3 Å². The fraction of sp³-hybridized carbons (Fsp3) is 0.0455. The summed E-state index contributed by atoms with van der Waals surface area (Å²) in [5.74, 6) is -1.62. The van der Waals surface area contributed by atoms with Gasteiger partial charge in [0.1, 0.15) is 5.75 Å². The molecule has 0 atom stereocenters. The zero-order chi connectivity index (χ0) is 21.4. The van der Waals surface area contributed by atoms with Crippen LogP contribution in [0.3, 0.4) is 0 Å². The zero-order valence-corrected chi connectivity index (χ0v) is 15.7. The van der Waals surface area contributed by atoms with E-state index in [2.05, 4.69) is 0 Å². The summed E-state index contributed by atoms with van der Waals surface area (Å²) in [5.41, 5.74) is 1.70. The smallest absolute Gasteiger partial charge is 0.343 e. The lowest BCUT2D eigenvalue weighted by Gasteiger charge is -2.13. The standard InChI is InChI=1S/C22H14N2O6/c1-13-2-5-15(6-3-13)23-20(25)18-11-4-14(12-19(18)21(23)26)22(27)30-17-9-7-16(8-10-17)24(28)29/h2-12H,1H3. The van der Waals surface area contributed by atoms with Crippen molar-refractivity contribution in [3.05, 3.63) is 99.1 Å². The lowest BCUT2D eigenvalue weighted by Crippen LogP contribution is -2.29. The number of carbonyl (C=O) groups excluding carboxylic acids is 3. The summed E-state index contributed by atoms with van der Waals surface area (Å²) in [5, 5.41) is 10.7. The molecule has 0 N–H and O–H groups in total. The van der Waals surface area contributed by atoms with Gasteiger partial charge in [0.2, 0.25) is 0 Å². The number of non-ortho nitro benzene ring substituents is 1. The summed E-state index contributed by atoms with van der Waals surface area (Å²) in [6.45, 7) is 1.90. The first kappa shape index (κ1) is 19.0. The van der Waals surface area contributed by atoms with Gasteiger partial charge in [0.15, 0.2) is 0 Å². The Labute approximate surface area is 170 Å². The number of hydrogen-bond donors (Lipinski definition) is 0. The number of nitro groups is 1. The van der Waals surface area contributed by atoms with Gasteiger partial charge in [0.25, 0.3) is 17.5 Å². The van der Waals surface area contributed by atoms with Crippen LogP contribution in [0, 0.1) is 17.0 Å². The highest BCUT2D eigenvalue weighted by Gasteiger charge is 2.37. The average molecular weight is 402 g/mol. The van der Waals surface area contributed by atoms with Gasteiger partial charge in [-0.05, 0) is 49.4 Å². The van der Waals surface area contributed by atoms with Gasteiger partial charge in [-0.15, -0.1) is 0 Å². The van der Waals surface area contributed by atoms with E-state index in [1.807, 2.05) is 6.92 Å². The Balaban J connectivity index is 1.58. The van der Waals surface area contributed by atoms with Crippen LogP contribution in [0.5, 0.6) is 5.75 Å². The van der Waals surface area contributed by atoms with Crippen LogP contribution in [0.4, 0.5) is 11.4 Å². The van der Waals surface area contributed by atoms with Crippen LogP contribution in [0.25, 0.3) is 0 Å². The fourth-order valence-corrected chi connectivity index (χ4v) is 3.10. The maximum absolute atomic E-state index is 12.8. The van der Waals surface area contributed by atoms with E-state index >= 15 is 0 Å². The van der Waals surface area contributed by atoms with Gasteiger partial charge in [-0.1, -0.05) is 17.7 Å². The summed E-state index contributed by atoms with van der Waals surface area (Å²) < 4.78 is 5.21. The second-order valence-corrected chi connectivity index (χ2v) is 6.68. The lowest BCUT2D eigenvalue weighted by molar-refractivity contribution is -0.384. The Morgan fingerprint density at radius 3 is 2.17 bits per heavy atom. The van der Waals surface area contributed by atoms with Crippen LogP contribution in [0.2, 0.25) is 0 Å². The molecule has 148 valence electrons. The third kappa shape index (κ3) is 3.30. The number of anilines is 1. The van der Waals surface area contributed by atoms with Crippen LogP contribution in [0.15, 0.2) is 66.7 Å². The molecule has 0 spiro atoms. The summed E-state index contributed by atoms with van der Waals surface area (Å²) in [6.07, 6.45) is 0. The first-order valence-electron chi connectivity index (χ1n) is 8.91. The number of amides is 2. The highest BCUT2D eigenvalue weighted by molar-refractivity contribution is 6.34. The number of rotatable bonds is 4. The van der Waals surface area contributed by atoms with Crippen LogP contribution < -0.4 is 9.64 Å². The first-order chi connectivity index (χ1) is 14.3. The van der Waals surface area contributed by atoms with Crippen molar-refractivity contribution in [2.24, 2.45) is 0 Å². The highest BCUT2D eigenvalue weighted by Crippen LogP contribution is 2.29. The Bertz CT molecular complexity index is 1200. The van der Waals surface area contributed by atoms with E-state index in [9.17, 15) is 24.5 Å². The van der Waals surface area contributed by atoms with Crippen LogP contribution in [0.1, 0.15) is 36.6 Å². The van der Waals surface area contributed by atoms with E-state index < -0.39 is 22.7 Å². The van der Waals surface area contributed by atoms with Gasteiger partial charge in [0, 0.05) is 12.1 Å². The Morgan fingerprint density at radius 2 is 1.53 bits per heavy atom. The number of aryl methyl sites for hydroxylation is 1. The molecule has 0 saturated heterocycles. The van der Waals surface area contributed by atoms with Gasteiger partial charge in [-0.2, -0.15) is 0 Å². The van der Waals surface area contributed by atoms with E-state index in [0.29, 0.717) is 5.69 Å². The topological polar surface area (TPSA) is 107 Å². The molecule has 0 unspecified atom stereocenters. The lowest BCUT2D eigenvalue weighted by atomic mass is 10.1. The number of benzene rings is 3. The number of esters is 1. The maximum atomic E-state index is 12.8. The van der Waals surface area contributed by atoms with Gasteiger partial charge >= 0.3 is 5.97 Å². The van der Waals surface area contributed by atoms with Gasteiger partial charge < -0.3 is 4.74 Å². The number of hydrogen-bond acceptors (Lipinski definition) is 6. The molecule has 1 heterocycles. The molecule has 3 aromatic carbocycles. The molecule has 0 aliphatic carbocycles. The molecule has 1 aliphatic rings. The van der Waals surface area contributed by atoms with Crippen molar-refractivity contribution in [3.8, 4) is 5.75 Å². The summed E-state index contributed by atoms with van der Waals surface area (Å²) in [6, 6.07) is 16.1. The molecule has 0 fully saturated rings. The van der Waals surface area contributed by atoms with Crippen LogP contribution >= 0.6 is 0 Å². The zero-order valence-electron chi connectivity index (χ0n) is 15.7. The number of ether oxygens (including phenoxy) is 1. The molecular formula is C22H14N2O6. The molecule has 0 saturated carbocycles. The van der Waals surface area contributed by atoms with Crippen molar-refractivity contribution in [1.29, 1.82) is 0 Å². The van der Waals surface area contributed by atoms with Crippen molar-refractivity contribution >= 4 is 29.2 Å². The monoisotopic (exact) mass is 402 g/mol. The number of nitro benzene ring substituents is 1. The molecule has 0 radical (unpaired) electrons. The number of imide groups is 1. The normalized spacial score (nSPS) is 12.6. The molecule has 0 aromatic heterocycles. The molecule has 4 rings (SSSR count). The van der Waals surface area contributed by atoms with E-state index in [1.165, 1.54) is 42.5 Å². The molecule has 2 amide bonds. The van der Waals surface area contributed by atoms with Gasteiger partial charge in [-0.25, -0.2) is 9.69 Å². The third-order valence-corrected chi connectivity index (χ3v) is 4.67. The van der Waals surface area contributed by atoms with Gasteiger partial charge in [0.05, 0.1) is 27.3 Å². The second kappa shape index (κ2) is 7.25.